The Bertz CT molecular complexity index is 705. The highest BCUT2D eigenvalue weighted by Gasteiger charge is 2.23. The molecule has 0 bridgehead atoms. The van der Waals surface area contributed by atoms with E-state index in [0.717, 1.165) is 16.3 Å². The second-order valence-electron chi connectivity index (χ2n) is 4.94. The Kier molecular flexibility index (Phi) is 4.02. The van der Waals surface area contributed by atoms with Crippen LogP contribution >= 0.6 is 11.3 Å². The highest BCUT2D eigenvalue weighted by Crippen LogP contribution is 2.27. The molecule has 0 amide bonds. The van der Waals surface area contributed by atoms with E-state index in [2.05, 4.69) is 30.7 Å². The predicted octanol–water partition coefficient (Wildman–Crippen LogP) is 0.300. The number of rotatable bonds is 7. The molecule has 0 unspecified atom stereocenters. The van der Waals surface area contributed by atoms with E-state index in [9.17, 15) is 8.42 Å². The molecule has 0 atom stereocenters. The zero-order valence-electron chi connectivity index (χ0n) is 11.5. The first-order valence-corrected chi connectivity index (χ1v) is 8.89. The fraction of sp³-hybridized carbons (Fsp3) is 0.545. The van der Waals surface area contributed by atoms with Crippen LogP contribution in [0.5, 0.6) is 0 Å². The lowest BCUT2D eigenvalue weighted by Gasteiger charge is -2.03. The molecule has 1 aliphatic carbocycles. The number of nitrogens with one attached hydrogen (secondary N) is 3. The molecule has 8 nitrogen and oxygen atoms in total. The number of H-pyrrole nitrogens is 1. The van der Waals surface area contributed by atoms with E-state index in [0.29, 0.717) is 16.8 Å². The maximum absolute atomic E-state index is 12.3. The zero-order chi connectivity index (χ0) is 14.9. The molecule has 3 rings (SSSR count). The van der Waals surface area contributed by atoms with Crippen LogP contribution in [0.15, 0.2) is 11.0 Å². The van der Waals surface area contributed by atoms with E-state index >= 15 is 0 Å². The van der Waals surface area contributed by atoms with E-state index in [1.807, 2.05) is 6.92 Å². The van der Waals surface area contributed by atoms with Crippen molar-refractivity contribution in [1.82, 2.24) is 30.7 Å². The summed E-state index contributed by atoms with van der Waals surface area (Å²) in [4.78, 5) is 2.13. The smallest absolute Gasteiger partial charge is 0.242 e. The predicted molar refractivity (Wildman–Crippen MR) is 77.1 cm³/mol. The molecular weight excluding hydrogens is 312 g/mol. The van der Waals surface area contributed by atoms with Gasteiger partial charge in [-0.3, -0.25) is 0 Å². The number of aromatic nitrogens is 4. The molecule has 0 aliphatic heterocycles. The van der Waals surface area contributed by atoms with Crippen molar-refractivity contribution in [2.45, 2.75) is 43.8 Å². The van der Waals surface area contributed by atoms with Gasteiger partial charge in [0.2, 0.25) is 10.0 Å². The van der Waals surface area contributed by atoms with Crippen molar-refractivity contribution in [2.24, 2.45) is 0 Å². The van der Waals surface area contributed by atoms with Crippen molar-refractivity contribution in [3.63, 3.8) is 0 Å². The molecular formula is C11H16N6O2S2. The first kappa shape index (κ1) is 14.6. The zero-order valence-corrected chi connectivity index (χ0v) is 13.1. The van der Waals surface area contributed by atoms with Crippen LogP contribution in [-0.4, -0.2) is 35.1 Å². The third-order valence-corrected chi connectivity index (χ3v) is 5.87. The van der Waals surface area contributed by atoms with E-state index in [4.69, 9.17) is 0 Å². The van der Waals surface area contributed by atoms with Gasteiger partial charge in [0.1, 0.15) is 0 Å². The van der Waals surface area contributed by atoms with Gasteiger partial charge in [-0.25, -0.2) is 13.1 Å². The van der Waals surface area contributed by atoms with Crippen LogP contribution in [-0.2, 0) is 23.1 Å². The van der Waals surface area contributed by atoms with E-state index in [-0.39, 0.29) is 6.54 Å². The van der Waals surface area contributed by atoms with Crippen molar-refractivity contribution in [3.05, 3.63) is 21.6 Å². The molecule has 10 heteroatoms. The van der Waals surface area contributed by atoms with Gasteiger partial charge in [0.15, 0.2) is 5.82 Å². The molecule has 3 N–H and O–H groups in total. The number of thiophene rings is 1. The quantitative estimate of drug-likeness (QED) is 0.674. The molecule has 0 spiro atoms. The number of aryl methyl sites for hydroxylation is 1. The van der Waals surface area contributed by atoms with Crippen molar-refractivity contribution < 1.29 is 8.42 Å². The van der Waals surface area contributed by atoms with Gasteiger partial charge in [0.05, 0.1) is 11.4 Å². The summed E-state index contributed by atoms with van der Waals surface area (Å²) in [5.41, 5.74) is 0. The van der Waals surface area contributed by atoms with Crippen molar-refractivity contribution in [2.75, 3.05) is 0 Å². The maximum atomic E-state index is 12.3. The minimum atomic E-state index is -3.56. The maximum Gasteiger partial charge on any atom is 0.242 e. The topological polar surface area (TPSA) is 113 Å². The largest absolute Gasteiger partial charge is 0.309 e. The fourth-order valence-electron chi connectivity index (χ4n) is 1.91. The fourth-order valence-corrected chi connectivity index (χ4v) is 4.47. The molecule has 0 radical (unpaired) electrons. The van der Waals surface area contributed by atoms with Crippen LogP contribution in [0.4, 0.5) is 0 Å². The Labute approximate surface area is 126 Å². The molecule has 1 saturated carbocycles. The Hall–Kier alpha value is -1.36. The lowest BCUT2D eigenvalue weighted by Crippen LogP contribution is -2.24. The van der Waals surface area contributed by atoms with Gasteiger partial charge in [-0.1, -0.05) is 5.21 Å². The first-order valence-electron chi connectivity index (χ1n) is 6.59. The summed E-state index contributed by atoms with van der Waals surface area (Å²) in [7, 11) is -3.56. The number of aromatic amines is 1. The van der Waals surface area contributed by atoms with Crippen LogP contribution in [0, 0.1) is 6.92 Å². The average Bonchev–Trinajstić information content (AvgIpc) is 2.97. The number of hydrogen-bond acceptors (Lipinski definition) is 7. The normalized spacial score (nSPS) is 15.5. The first-order chi connectivity index (χ1) is 10.0. The molecule has 1 fully saturated rings. The Morgan fingerprint density at radius 2 is 2.24 bits per heavy atom. The minimum Gasteiger partial charge on any atom is -0.309 e. The van der Waals surface area contributed by atoms with Crippen LogP contribution < -0.4 is 10.0 Å². The Morgan fingerprint density at radius 1 is 1.43 bits per heavy atom. The highest BCUT2D eigenvalue weighted by molar-refractivity contribution is 7.89. The molecule has 0 aromatic carbocycles. The Balaban J connectivity index is 1.68. The van der Waals surface area contributed by atoms with Crippen molar-refractivity contribution in [3.8, 4) is 0 Å². The number of nitrogens with zero attached hydrogens (tertiary/aromatic N) is 3. The van der Waals surface area contributed by atoms with Crippen molar-refractivity contribution >= 4 is 21.4 Å². The summed E-state index contributed by atoms with van der Waals surface area (Å²) in [6.07, 6.45) is 2.42. The lowest BCUT2D eigenvalue weighted by atomic mass is 10.4. The monoisotopic (exact) mass is 328 g/mol. The second kappa shape index (κ2) is 5.79. The molecule has 0 saturated heterocycles. The number of tetrazole rings is 1. The molecule has 2 aromatic heterocycles. The van der Waals surface area contributed by atoms with Gasteiger partial charge in [-0.15, -0.1) is 21.5 Å². The standard InChI is InChI=1S/C11H16N6O2S2/c1-7-10(4-9(20-7)5-12-8-2-3-8)21(18,19)13-6-11-14-16-17-15-11/h4,8,12-13H,2-3,5-6H2,1H3,(H,14,15,16,17). The van der Waals surface area contributed by atoms with Gasteiger partial charge < -0.3 is 5.32 Å². The van der Waals surface area contributed by atoms with Crippen LogP contribution in [0.2, 0.25) is 0 Å². The van der Waals surface area contributed by atoms with Gasteiger partial charge in [0, 0.05) is 22.3 Å². The average molecular weight is 328 g/mol. The molecule has 2 heterocycles. The third kappa shape index (κ3) is 3.64. The summed E-state index contributed by atoms with van der Waals surface area (Å²) in [5.74, 6) is 0.307. The van der Waals surface area contributed by atoms with Gasteiger partial charge in [-0.05, 0) is 25.8 Å². The van der Waals surface area contributed by atoms with Gasteiger partial charge in [-0.2, -0.15) is 5.21 Å². The minimum absolute atomic E-state index is 0.0176. The molecule has 2 aromatic rings. The molecule has 114 valence electrons. The highest BCUT2D eigenvalue weighted by atomic mass is 32.2. The summed E-state index contributed by atoms with van der Waals surface area (Å²) < 4.78 is 27.1. The van der Waals surface area contributed by atoms with Crippen LogP contribution in [0.3, 0.4) is 0 Å². The summed E-state index contributed by atoms with van der Waals surface area (Å²) in [6.45, 7) is 2.55. The Morgan fingerprint density at radius 3 is 2.90 bits per heavy atom. The summed E-state index contributed by atoms with van der Waals surface area (Å²) in [6, 6.07) is 2.33. The third-order valence-electron chi connectivity index (χ3n) is 3.16. The van der Waals surface area contributed by atoms with E-state index < -0.39 is 10.0 Å². The second-order valence-corrected chi connectivity index (χ2v) is 8.02. The van der Waals surface area contributed by atoms with E-state index in [1.54, 1.807) is 6.07 Å². The van der Waals surface area contributed by atoms with Crippen LogP contribution in [0.1, 0.15) is 28.4 Å². The van der Waals surface area contributed by atoms with E-state index in [1.165, 1.54) is 24.2 Å². The SMILES string of the molecule is Cc1sc(CNC2CC2)cc1S(=O)(=O)NCc1nn[nH]n1. The summed E-state index contributed by atoms with van der Waals surface area (Å²) in [5, 5.41) is 16.5. The number of hydrogen-bond donors (Lipinski definition) is 3. The number of sulfonamides is 1. The van der Waals surface area contributed by atoms with Crippen molar-refractivity contribution in [1.29, 1.82) is 0 Å². The van der Waals surface area contributed by atoms with Gasteiger partial charge in [0.25, 0.3) is 0 Å². The molecule has 1 aliphatic rings. The lowest BCUT2D eigenvalue weighted by molar-refractivity contribution is 0.579. The van der Waals surface area contributed by atoms with Gasteiger partial charge >= 0.3 is 0 Å². The summed E-state index contributed by atoms with van der Waals surface area (Å²) >= 11 is 1.50. The van der Waals surface area contributed by atoms with Crippen LogP contribution in [0.25, 0.3) is 0 Å². The molecule has 21 heavy (non-hydrogen) atoms.